The van der Waals surface area contributed by atoms with Gasteiger partial charge in [0, 0.05) is 45.7 Å². The fraction of sp³-hybridized carbons (Fsp3) is 0.417. The number of carbonyl (C=O) groups excluding carboxylic acids is 1. The number of aliphatic imine (C=N–C) groups is 1. The first-order valence-electron chi connectivity index (χ1n) is 10.7. The minimum Gasteiger partial charge on any atom is -0.495 e. The lowest BCUT2D eigenvalue weighted by Gasteiger charge is -2.21. The molecular weight excluding hydrogens is 390 g/mol. The molecule has 7 nitrogen and oxygen atoms in total. The molecule has 31 heavy (non-hydrogen) atoms. The summed E-state index contributed by atoms with van der Waals surface area (Å²) in [5, 5.41) is 9.74. The number of ether oxygens (including phenoxy) is 1. The van der Waals surface area contributed by atoms with Gasteiger partial charge in [-0.05, 0) is 36.6 Å². The summed E-state index contributed by atoms with van der Waals surface area (Å²) in [5.41, 5.74) is 3.03. The van der Waals surface area contributed by atoms with Crippen molar-refractivity contribution in [3.63, 3.8) is 0 Å². The molecular formula is C24H33N5O2. The molecule has 1 aliphatic heterocycles. The zero-order chi connectivity index (χ0) is 22.2. The van der Waals surface area contributed by atoms with Gasteiger partial charge in [-0.3, -0.25) is 14.7 Å². The standard InChI is InChI=1S/C24H33N5O2/c1-17-12-21(16-29(17)15-19-8-6-5-7-9-19)28-24(25-3)26-14-20-10-11-23(31-4)22(13-20)27-18(2)30/h5-11,13,17,21H,12,14-16H2,1-4H3,(H,27,30)(H2,25,26,28). The summed E-state index contributed by atoms with van der Waals surface area (Å²) in [6.45, 7) is 6.30. The Morgan fingerprint density at radius 2 is 1.97 bits per heavy atom. The molecule has 0 aliphatic carbocycles. The molecule has 3 rings (SSSR count). The maximum absolute atomic E-state index is 11.5. The van der Waals surface area contributed by atoms with Gasteiger partial charge >= 0.3 is 0 Å². The van der Waals surface area contributed by atoms with E-state index in [1.807, 2.05) is 18.2 Å². The van der Waals surface area contributed by atoms with Crippen molar-refractivity contribution in [1.82, 2.24) is 15.5 Å². The molecule has 1 heterocycles. The van der Waals surface area contributed by atoms with Crippen LogP contribution in [0.5, 0.6) is 5.75 Å². The Kier molecular flexibility index (Phi) is 7.89. The largest absolute Gasteiger partial charge is 0.495 e. The molecule has 3 N–H and O–H groups in total. The van der Waals surface area contributed by atoms with Gasteiger partial charge in [0.05, 0.1) is 12.8 Å². The predicted molar refractivity (Wildman–Crippen MR) is 125 cm³/mol. The number of hydrogen-bond donors (Lipinski definition) is 3. The Morgan fingerprint density at radius 1 is 1.19 bits per heavy atom. The zero-order valence-electron chi connectivity index (χ0n) is 18.8. The first kappa shape index (κ1) is 22.6. The maximum atomic E-state index is 11.5. The van der Waals surface area contributed by atoms with Gasteiger partial charge in [0.2, 0.25) is 5.91 Å². The lowest BCUT2D eigenvalue weighted by Crippen LogP contribution is -2.44. The monoisotopic (exact) mass is 423 g/mol. The number of hydrogen-bond acceptors (Lipinski definition) is 4. The quantitative estimate of drug-likeness (QED) is 0.471. The summed E-state index contributed by atoms with van der Waals surface area (Å²) in [4.78, 5) is 18.3. The van der Waals surface area contributed by atoms with Gasteiger partial charge in [-0.25, -0.2) is 0 Å². The van der Waals surface area contributed by atoms with Crippen LogP contribution in [0.25, 0.3) is 0 Å². The molecule has 7 heteroatoms. The second kappa shape index (κ2) is 10.8. The summed E-state index contributed by atoms with van der Waals surface area (Å²) in [6, 6.07) is 17.2. The van der Waals surface area contributed by atoms with E-state index in [1.165, 1.54) is 12.5 Å². The fourth-order valence-corrected chi connectivity index (χ4v) is 3.97. The summed E-state index contributed by atoms with van der Waals surface area (Å²) in [6.07, 6.45) is 1.07. The molecule has 0 radical (unpaired) electrons. The third kappa shape index (κ3) is 6.46. The van der Waals surface area contributed by atoms with E-state index in [4.69, 9.17) is 4.74 Å². The Morgan fingerprint density at radius 3 is 2.65 bits per heavy atom. The Hall–Kier alpha value is -3.06. The zero-order valence-corrected chi connectivity index (χ0v) is 18.8. The SMILES string of the molecule is CN=C(NCc1ccc(OC)c(NC(C)=O)c1)NC1CC(C)N(Cc2ccccc2)C1. The average Bonchev–Trinajstić information content (AvgIpc) is 3.10. The summed E-state index contributed by atoms with van der Waals surface area (Å²) in [7, 11) is 3.38. The Balaban J connectivity index is 1.54. The first-order valence-corrected chi connectivity index (χ1v) is 10.7. The van der Waals surface area contributed by atoms with Crippen LogP contribution in [0.15, 0.2) is 53.5 Å². The van der Waals surface area contributed by atoms with Crippen LogP contribution in [0.1, 0.15) is 31.4 Å². The highest BCUT2D eigenvalue weighted by Gasteiger charge is 2.29. The molecule has 1 saturated heterocycles. The van der Waals surface area contributed by atoms with Crippen molar-refractivity contribution in [2.24, 2.45) is 4.99 Å². The second-order valence-corrected chi connectivity index (χ2v) is 7.98. The third-order valence-corrected chi connectivity index (χ3v) is 5.53. The normalized spacial score (nSPS) is 19.2. The van der Waals surface area contributed by atoms with Crippen LogP contribution in [-0.2, 0) is 17.9 Å². The molecule has 1 amide bonds. The molecule has 166 valence electrons. The van der Waals surface area contributed by atoms with E-state index < -0.39 is 0 Å². The van der Waals surface area contributed by atoms with Crippen LogP contribution < -0.4 is 20.7 Å². The van der Waals surface area contributed by atoms with E-state index in [2.05, 4.69) is 63.1 Å². The molecule has 2 unspecified atom stereocenters. The minimum absolute atomic E-state index is 0.128. The molecule has 2 aromatic carbocycles. The number of methoxy groups -OCH3 is 1. The molecule has 2 atom stereocenters. The number of benzene rings is 2. The van der Waals surface area contributed by atoms with Gasteiger partial charge in [-0.15, -0.1) is 0 Å². The van der Waals surface area contributed by atoms with Crippen LogP contribution in [0, 0.1) is 0 Å². The molecule has 0 aromatic heterocycles. The van der Waals surface area contributed by atoms with Gasteiger partial charge in [0.25, 0.3) is 0 Å². The summed E-state index contributed by atoms with van der Waals surface area (Å²) >= 11 is 0. The third-order valence-electron chi connectivity index (χ3n) is 5.53. The van der Waals surface area contributed by atoms with Gasteiger partial charge in [0.1, 0.15) is 5.75 Å². The van der Waals surface area contributed by atoms with Crippen molar-refractivity contribution in [3.05, 3.63) is 59.7 Å². The maximum Gasteiger partial charge on any atom is 0.221 e. The number of carbonyl (C=O) groups is 1. The number of amides is 1. The average molecular weight is 424 g/mol. The number of anilines is 1. The van der Waals surface area contributed by atoms with E-state index in [0.717, 1.165) is 31.0 Å². The molecule has 1 aliphatic rings. The number of nitrogens with one attached hydrogen (secondary N) is 3. The lowest BCUT2D eigenvalue weighted by molar-refractivity contribution is -0.114. The molecule has 0 bridgehead atoms. The smallest absolute Gasteiger partial charge is 0.221 e. The summed E-state index contributed by atoms with van der Waals surface area (Å²) < 4.78 is 5.32. The Labute approximate surface area is 184 Å². The topological polar surface area (TPSA) is 78.0 Å². The van der Waals surface area contributed by atoms with Crippen LogP contribution in [0.3, 0.4) is 0 Å². The van der Waals surface area contributed by atoms with E-state index in [-0.39, 0.29) is 5.91 Å². The second-order valence-electron chi connectivity index (χ2n) is 7.98. The van der Waals surface area contributed by atoms with Crippen molar-refractivity contribution >= 4 is 17.6 Å². The van der Waals surface area contributed by atoms with Crippen LogP contribution in [0.4, 0.5) is 5.69 Å². The Bertz CT molecular complexity index is 900. The van der Waals surface area contributed by atoms with Gasteiger partial charge in [-0.1, -0.05) is 36.4 Å². The molecule has 2 aromatic rings. The van der Waals surface area contributed by atoms with Crippen molar-refractivity contribution in [2.75, 3.05) is 26.0 Å². The van der Waals surface area contributed by atoms with Gasteiger partial charge in [-0.2, -0.15) is 0 Å². The lowest BCUT2D eigenvalue weighted by atomic mass is 10.1. The van der Waals surface area contributed by atoms with Crippen LogP contribution in [-0.4, -0.2) is 49.6 Å². The molecule has 0 saturated carbocycles. The number of rotatable bonds is 7. The van der Waals surface area contributed by atoms with Crippen LogP contribution in [0.2, 0.25) is 0 Å². The van der Waals surface area contributed by atoms with E-state index >= 15 is 0 Å². The summed E-state index contributed by atoms with van der Waals surface area (Å²) in [5.74, 6) is 1.28. The molecule has 0 spiro atoms. The highest BCUT2D eigenvalue weighted by molar-refractivity contribution is 5.90. The minimum atomic E-state index is -0.128. The van der Waals surface area contributed by atoms with Crippen molar-refractivity contribution < 1.29 is 9.53 Å². The highest BCUT2D eigenvalue weighted by atomic mass is 16.5. The van der Waals surface area contributed by atoms with Gasteiger partial charge in [0.15, 0.2) is 5.96 Å². The predicted octanol–water partition coefficient (Wildman–Crippen LogP) is 2.98. The van der Waals surface area contributed by atoms with Crippen molar-refractivity contribution in [3.8, 4) is 5.75 Å². The van der Waals surface area contributed by atoms with Crippen LogP contribution >= 0.6 is 0 Å². The first-order chi connectivity index (χ1) is 15.0. The van der Waals surface area contributed by atoms with Crippen molar-refractivity contribution in [2.45, 2.75) is 45.4 Å². The molecule has 1 fully saturated rings. The number of guanidine groups is 1. The number of nitrogens with zero attached hydrogens (tertiary/aromatic N) is 2. The fourth-order valence-electron chi connectivity index (χ4n) is 3.97. The van der Waals surface area contributed by atoms with E-state index in [1.54, 1.807) is 14.2 Å². The highest BCUT2D eigenvalue weighted by Crippen LogP contribution is 2.25. The number of likely N-dealkylation sites (tertiary alicyclic amines) is 1. The van der Waals surface area contributed by atoms with E-state index in [0.29, 0.717) is 30.1 Å². The van der Waals surface area contributed by atoms with Gasteiger partial charge < -0.3 is 20.7 Å². The van der Waals surface area contributed by atoms with E-state index in [9.17, 15) is 4.79 Å². The van der Waals surface area contributed by atoms with Crippen molar-refractivity contribution in [1.29, 1.82) is 0 Å².